The van der Waals surface area contributed by atoms with Crippen molar-refractivity contribution in [2.75, 3.05) is 39.6 Å². The highest BCUT2D eigenvalue weighted by Gasteiger charge is 2.30. The van der Waals surface area contributed by atoms with E-state index in [4.69, 9.17) is 37.0 Å². The molecule has 0 aliphatic rings. The number of phosphoric ester groups is 2. The molecular formula is C79H142O17P2. The van der Waals surface area contributed by atoms with Gasteiger partial charge in [-0.15, -0.1) is 0 Å². The fourth-order valence-electron chi connectivity index (χ4n) is 10.6. The zero-order chi connectivity index (χ0) is 71.8. The lowest BCUT2D eigenvalue weighted by Crippen LogP contribution is -2.30. The molecule has 0 radical (unpaired) electrons. The summed E-state index contributed by atoms with van der Waals surface area (Å²) in [6.45, 7) is 4.80. The van der Waals surface area contributed by atoms with Crippen LogP contribution < -0.4 is 0 Å². The molecule has 0 aliphatic heterocycles. The molecule has 0 heterocycles. The van der Waals surface area contributed by atoms with E-state index in [2.05, 4.69) is 101 Å². The van der Waals surface area contributed by atoms with E-state index < -0.39 is 97.5 Å². The van der Waals surface area contributed by atoms with E-state index >= 15 is 0 Å². The Morgan fingerprint density at radius 2 is 0.531 bits per heavy atom. The number of carbonyl (C=O) groups is 4. The predicted octanol–water partition coefficient (Wildman–Crippen LogP) is 22.4. The minimum absolute atomic E-state index is 0.0795. The first kappa shape index (κ1) is 94.5. The molecule has 98 heavy (non-hydrogen) atoms. The molecule has 0 bridgehead atoms. The van der Waals surface area contributed by atoms with E-state index in [1.54, 1.807) is 0 Å². The molecule has 19 heteroatoms. The Balaban J connectivity index is 5.37. The topological polar surface area (TPSA) is 237 Å². The first-order valence-electron chi connectivity index (χ1n) is 39.2. The number of hydrogen-bond acceptors (Lipinski definition) is 15. The highest BCUT2D eigenvalue weighted by molar-refractivity contribution is 7.47. The van der Waals surface area contributed by atoms with Gasteiger partial charge in [0.05, 0.1) is 26.4 Å². The van der Waals surface area contributed by atoms with Gasteiger partial charge in [0.2, 0.25) is 0 Å². The van der Waals surface area contributed by atoms with E-state index in [0.29, 0.717) is 25.7 Å². The summed E-state index contributed by atoms with van der Waals surface area (Å²) in [5.41, 5.74) is 0. The summed E-state index contributed by atoms with van der Waals surface area (Å²) in [4.78, 5) is 72.9. The Kier molecular flexibility index (Phi) is 69.3. The summed E-state index contributed by atoms with van der Waals surface area (Å²) in [5, 5.41) is 10.6. The molecular weight excluding hydrogens is 1280 g/mol. The second-order valence-electron chi connectivity index (χ2n) is 26.3. The Morgan fingerprint density at radius 3 is 0.857 bits per heavy atom. The summed E-state index contributed by atoms with van der Waals surface area (Å²) >= 11 is 0. The third kappa shape index (κ3) is 70.9. The van der Waals surface area contributed by atoms with Crippen LogP contribution in [-0.4, -0.2) is 96.7 Å². The first-order chi connectivity index (χ1) is 47.7. The SMILES string of the molecule is CCCCC/C=C\C/C=C\CCCCCCCC(=O)O[C@H](COC(=O)CCCCCCC/C=C\CCCCCC)COP(=O)(O)OC[C@H](O)COP(=O)(O)OC[C@@H](COC(=O)CCCCCCC/C=C\C=C/CCCCCC)OC(=O)CCCCCCC/C=C\CCCCCCCC. The molecule has 0 fully saturated rings. The van der Waals surface area contributed by atoms with Gasteiger partial charge in [-0.2, -0.15) is 0 Å². The number of hydrogen-bond donors (Lipinski definition) is 3. The Labute approximate surface area is 596 Å². The molecule has 5 atom stereocenters. The van der Waals surface area contributed by atoms with Gasteiger partial charge < -0.3 is 33.8 Å². The van der Waals surface area contributed by atoms with E-state index in [1.807, 2.05) is 0 Å². The van der Waals surface area contributed by atoms with Crippen molar-refractivity contribution in [3.8, 4) is 0 Å². The third-order valence-corrected chi connectivity index (χ3v) is 18.5. The number of aliphatic hydroxyl groups is 1. The zero-order valence-electron chi connectivity index (χ0n) is 62.2. The monoisotopic (exact) mass is 1420 g/mol. The van der Waals surface area contributed by atoms with Gasteiger partial charge in [0.25, 0.3) is 0 Å². The number of carbonyl (C=O) groups excluding carboxylic acids is 4. The van der Waals surface area contributed by atoms with Crippen LogP contribution in [0.2, 0.25) is 0 Å². The second-order valence-corrected chi connectivity index (χ2v) is 29.2. The molecule has 570 valence electrons. The summed E-state index contributed by atoms with van der Waals surface area (Å²) in [6, 6.07) is 0. The molecule has 0 aromatic carbocycles. The minimum Gasteiger partial charge on any atom is -0.462 e. The molecule has 0 amide bonds. The van der Waals surface area contributed by atoms with Crippen LogP contribution in [0.25, 0.3) is 0 Å². The van der Waals surface area contributed by atoms with Crippen LogP contribution in [0, 0.1) is 0 Å². The summed E-state index contributed by atoms with van der Waals surface area (Å²) in [6.07, 6.45) is 71.6. The molecule has 0 aromatic rings. The number of ether oxygens (including phenoxy) is 4. The maximum atomic E-state index is 13.1. The van der Waals surface area contributed by atoms with Gasteiger partial charge in [-0.05, 0) is 135 Å². The average molecular weight is 1430 g/mol. The van der Waals surface area contributed by atoms with Gasteiger partial charge in [0.15, 0.2) is 12.2 Å². The third-order valence-electron chi connectivity index (χ3n) is 16.6. The van der Waals surface area contributed by atoms with Gasteiger partial charge in [-0.3, -0.25) is 37.3 Å². The molecule has 0 saturated carbocycles. The fraction of sp³-hybridized carbons (Fsp3) is 0.797. The molecule has 0 aromatic heterocycles. The quantitative estimate of drug-likeness (QED) is 0.0128. The van der Waals surface area contributed by atoms with Gasteiger partial charge in [-0.1, -0.05) is 261 Å². The lowest BCUT2D eigenvalue weighted by atomic mass is 10.1. The highest BCUT2D eigenvalue weighted by atomic mass is 31.2. The fourth-order valence-corrected chi connectivity index (χ4v) is 12.2. The van der Waals surface area contributed by atoms with Crippen molar-refractivity contribution in [1.82, 2.24) is 0 Å². The number of allylic oxidation sites excluding steroid dienone is 12. The van der Waals surface area contributed by atoms with Crippen LogP contribution >= 0.6 is 15.6 Å². The van der Waals surface area contributed by atoms with Crippen molar-refractivity contribution >= 4 is 39.5 Å². The highest BCUT2D eigenvalue weighted by Crippen LogP contribution is 2.45. The summed E-state index contributed by atoms with van der Waals surface area (Å²) in [5.74, 6) is -2.20. The first-order valence-corrected chi connectivity index (χ1v) is 42.2. The number of aliphatic hydroxyl groups excluding tert-OH is 1. The van der Waals surface area contributed by atoms with Crippen molar-refractivity contribution in [3.05, 3.63) is 72.9 Å². The van der Waals surface area contributed by atoms with Crippen molar-refractivity contribution in [2.24, 2.45) is 0 Å². The maximum absolute atomic E-state index is 13.1. The molecule has 17 nitrogen and oxygen atoms in total. The lowest BCUT2D eigenvalue weighted by molar-refractivity contribution is -0.161. The van der Waals surface area contributed by atoms with Crippen molar-refractivity contribution in [2.45, 2.75) is 367 Å². The molecule has 0 spiro atoms. The van der Waals surface area contributed by atoms with Gasteiger partial charge in [0, 0.05) is 25.7 Å². The van der Waals surface area contributed by atoms with E-state index in [-0.39, 0.29) is 25.7 Å². The van der Waals surface area contributed by atoms with Crippen LogP contribution in [0.5, 0.6) is 0 Å². The molecule has 0 aliphatic carbocycles. The smallest absolute Gasteiger partial charge is 0.462 e. The standard InChI is InChI=1S/C79H142O17P2/c1-5-9-13-17-21-25-29-33-36-40-44-48-52-56-60-64-77(82)90-70-75(96-79(84)66-62-58-54-50-46-42-38-35-31-27-23-19-15-11-7-3)72-94-98(87,88)92-68-73(80)67-91-97(85,86)93-71-74(69-89-76(81)63-59-55-51-47-43-39-32-28-24-20-16-12-8-4)95-78(83)65-61-57-53-49-45-41-37-34-30-26-22-18-14-10-6-2/h22,25-26,28-29,32-38,73-75,80H,5-21,23-24,27,30-31,39-72H2,1-4H3,(H,85,86)(H,87,88)/b26-22-,29-25-,32-28-,36-33-,37-34-,38-35-/t73-,74+,75+/m0/s1. The Bertz CT molecular complexity index is 2140. The van der Waals surface area contributed by atoms with Crippen LogP contribution in [0.4, 0.5) is 0 Å². The lowest BCUT2D eigenvalue weighted by Gasteiger charge is -2.21. The summed E-state index contributed by atoms with van der Waals surface area (Å²) < 4.78 is 68.5. The van der Waals surface area contributed by atoms with E-state index in [9.17, 15) is 43.2 Å². The molecule has 0 saturated heterocycles. The van der Waals surface area contributed by atoms with E-state index in [1.165, 1.54) is 109 Å². The minimum atomic E-state index is -4.98. The molecule has 3 N–H and O–H groups in total. The van der Waals surface area contributed by atoms with Crippen LogP contribution in [0.3, 0.4) is 0 Å². The number of unbranched alkanes of at least 4 members (excludes halogenated alkanes) is 37. The van der Waals surface area contributed by atoms with E-state index in [0.717, 1.165) is 161 Å². The zero-order valence-corrected chi connectivity index (χ0v) is 64.0. The molecule has 0 rings (SSSR count). The van der Waals surface area contributed by atoms with Crippen LogP contribution in [0.1, 0.15) is 349 Å². The largest absolute Gasteiger partial charge is 0.472 e. The normalized spacial score (nSPS) is 14.3. The van der Waals surface area contributed by atoms with Crippen LogP contribution in [-0.2, 0) is 65.4 Å². The Morgan fingerprint density at radius 1 is 0.296 bits per heavy atom. The average Bonchev–Trinajstić information content (AvgIpc) is 1.05. The van der Waals surface area contributed by atoms with Gasteiger partial charge >= 0.3 is 39.5 Å². The predicted molar refractivity (Wildman–Crippen MR) is 400 cm³/mol. The van der Waals surface area contributed by atoms with Gasteiger partial charge in [-0.25, -0.2) is 9.13 Å². The van der Waals surface area contributed by atoms with Gasteiger partial charge in [0.1, 0.15) is 19.3 Å². The number of esters is 4. The molecule has 2 unspecified atom stereocenters. The van der Waals surface area contributed by atoms with Crippen molar-refractivity contribution in [3.63, 3.8) is 0 Å². The second kappa shape index (κ2) is 71.9. The van der Waals surface area contributed by atoms with Crippen LogP contribution in [0.15, 0.2) is 72.9 Å². The van der Waals surface area contributed by atoms with Crippen molar-refractivity contribution in [1.29, 1.82) is 0 Å². The van der Waals surface area contributed by atoms with Crippen molar-refractivity contribution < 1.29 is 80.2 Å². The maximum Gasteiger partial charge on any atom is 0.472 e. The summed E-state index contributed by atoms with van der Waals surface area (Å²) in [7, 11) is -9.95. The Hall–Kier alpha value is -3.50. The number of rotatable bonds is 74. The number of phosphoric acid groups is 2.